The van der Waals surface area contributed by atoms with Crippen LogP contribution >= 0.6 is 0 Å². The molecule has 4 aromatic carbocycles. The first-order valence-electron chi connectivity index (χ1n) is 26.7. The normalized spacial score (nSPS) is 14.2. The summed E-state index contributed by atoms with van der Waals surface area (Å²) in [5, 5.41) is 0. The molecule has 0 nitrogen and oxygen atoms in total. The zero-order chi connectivity index (χ0) is 43.7. The van der Waals surface area contributed by atoms with Crippen LogP contribution in [0.15, 0.2) is 97.1 Å². The summed E-state index contributed by atoms with van der Waals surface area (Å²) in [6, 6.07) is 39.7. The van der Waals surface area contributed by atoms with Gasteiger partial charge in [-0.1, -0.05) is 27.7 Å². The summed E-state index contributed by atoms with van der Waals surface area (Å²) in [6.07, 6.45) is 37.9. The van der Waals surface area contributed by atoms with E-state index in [1.807, 2.05) is 0 Å². The first-order valence-corrected chi connectivity index (χ1v) is 29.0. The standard InChI is InChI=1S/C62H84Te/c1-5-9-13-17-21-29-43-61(44-30-22-18-14-10-6-2)55-35-27-25-33-51(55)53-39-37-49(47-57(53)61)59-41-42-60(63-59)50-38-40-54-52-34-26-28-36-56(52)62(58(54)48-50,45-31-23-19-15-11-7-3)46-32-24-20-16-12-8-4/h25-28,33-42,47-48H,5-24,29-32,43-46H2,1-4H3. The van der Waals surface area contributed by atoms with Gasteiger partial charge in [0.05, 0.1) is 0 Å². The molecule has 0 aliphatic heterocycles. The van der Waals surface area contributed by atoms with E-state index in [2.05, 4.69) is 125 Å². The van der Waals surface area contributed by atoms with Gasteiger partial charge in [-0.15, -0.1) is 0 Å². The van der Waals surface area contributed by atoms with Gasteiger partial charge in [0.1, 0.15) is 0 Å². The molecule has 0 saturated carbocycles. The number of benzene rings is 4. The third-order valence-electron chi connectivity index (χ3n) is 15.5. The number of hydrogen-bond donors (Lipinski definition) is 0. The first-order chi connectivity index (χ1) is 31.1. The van der Waals surface area contributed by atoms with E-state index in [9.17, 15) is 0 Å². The molecule has 0 fully saturated rings. The van der Waals surface area contributed by atoms with E-state index in [1.54, 1.807) is 29.4 Å². The Morgan fingerprint density at radius 2 is 0.603 bits per heavy atom. The monoisotopic (exact) mass is 959 g/mol. The third-order valence-corrected chi connectivity index (χ3v) is 18.9. The molecule has 5 aromatic rings. The molecule has 0 spiro atoms. The van der Waals surface area contributed by atoms with Gasteiger partial charge in [0.15, 0.2) is 0 Å². The van der Waals surface area contributed by atoms with Crippen molar-refractivity contribution in [2.24, 2.45) is 0 Å². The van der Waals surface area contributed by atoms with E-state index in [-0.39, 0.29) is 10.8 Å². The summed E-state index contributed by atoms with van der Waals surface area (Å²) in [5.74, 6) is 0. The van der Waals surface area contributed by atoms with Crippen LogP contribution < -0.4 is 0 Å². The number of rotatable bonds is 30. The van der Waals surface area contributed by atoms with E-state index in [4.69, 9.17) is 0 Å². The van der Waals surface area contributed by atoms with Crippen molar-refractivity contribution >= 4 is 20.4 Å². The van der Waals surface area contributed by atoms with Crippen LogP contribution in [0.25, 0.3) is 40.5 Å². The van der Waals surface area contributed by atoms with Gasteiger partial charge in [-0.3, -0.25) is 0 Å². The molecule has 7 rings (SSSR count). The minimum atomic E-state index is -0.544. The average Bonchev–Trinajstić information content (AvgIpc) is 4.00. The maximum absolute atomic E-state index is 2.71. The van der Waals surface area contributed by atoms with Gasteiger partial charge in [-0.05, 0) is 0 Å². The summed E-state index contributed by atoms with van der Waals surface area (Å²) >= 11 is -0.544. The average molecular weight is 957 g/mol. The number of hydrogen-bond acceptors (Lipinski definition) is 0. The molecule has 1 heterocycles. The summed E-state index contributed by atoms with van der Waals surface area (Å²) < 4.78 is 3.24. The van der Waals surface area contributed by atoms with Crippen LogP contribution in [0.1, 0.15) is 230 Å². The van der Waals surface area contributed by atoms with Crippen LogP contribution in [0.2, 0.25) is 0 Å². The predicted octanol–water partition coefficient (Wildman–Crippen LogP) is 19.6. The van der Waals surface area contributed by atoms with E-state index in [0.29, 0.717) is 0 Å². The summed E-state index contributed by atoms with van der Waals surface area (Å²) in [7, 11) is 0. The van der Waals surface area contributed by atoms with Gasteiger partial charge in [0.2, 0.25) is 0 Å². The zero-order valence-electron chi connectivity index (χ0n) is 40.4. The van der Waals surface area contributed by atoms with Crippen molar-refractivity contribution in [2.45, 2.75) is 218 Å². The summed E-state index contributed by atoms with van der Waals surface area (Å²) in [5.41, 5.74) is 15.9. The molecular formula is C62H84Te. The van der Waals surface area contributed by atoms with Crippen molar-refractivity contribution in [3.8, 4) is 40.5 Å². The molecule has 0 amide bonds. The second-order valence-corrected chi connectivity index (χ2v) is 23.1. The molecule has 2 aliphatic carbocycles. The molecule has 1 aromatic heterocycles. The minimum absolute atomic E-state index is 0.137. The Balaban J connectivity index is 1.19. The second-order valence-electron chi connectivity index (χ2n) is 20.0. The van der Waals surface area contributed by atoms with Gasteiger partial charge < -0.3 is 0 Å². The van der Waals surface area contributed by atoms with E-state index in [1.165, 1.54) is 213 Å². The predicted molar refractivity (Wildman–Crippen MR) is 279 cm³/mol. The second kappa shape index (κ2) is 24.6. The Morgan fingerprint density at radius 3 is 0.952 bits per heavy atom. The molecule has 338 valence electrons. The van der Waals surface area contributed by atoms with Gasteiger partial charge in [-0.2, -0.15) is 0 Å². The summed E-state index contributed by atoms with van der Waals surface area (Å²) in [4.78, 5) is 0. The Hall–Kier alpha value is -2.85. The third kappa shape index (κ3) is 11.4. The van der Waals surface area contributed by atoms with Crippen molar-refractivity contribution in [1.29, 1.82) is 0 Å². The van der Waals surface area contributed by atoms with E-state index >= 15 is 0 Å². The van der Waals surface area contributed by atoms with Crippen LogP contribution in [0.5, 0.6) is 0 Å². The van der Waals surface area contributed by atoms with Gasteiger partial charge in [-0.25, -0.2) is 0 Å². The SMILES string of the molecule is CCCCCCCCC1(CCCCCCCC)c2ccccc2-c2ccc(-c3ccc(-c4ccc5c(c4)C(CCCCCCCC)(CCCCCCCC)c4ccccc4-5)[te]3)cc21. The molecule has 0 unspecified atom stereocenters. The van der Waals surface area contributed by atoms with Crippen LogP contribution in [-0.2, 0) is 10.8 Å². The first kappa shape index (κ1) is 48.1. The van der Waals surface area contributed by atoms with Gasteiger partial charge >= 0.3 is 371 Å². The zero-order valence-corrected chi connectivity index (χ0v) is 42.8. The molecule has 0 saturated heterocycles. The molecule has 0 radical (unpaired) electrons. The van der Waals surface area contributed by atoms with Crippen molar-refractivity contribution in [1.82, 2.24) is 0 Å². The topological polar surface area (TPSA) is 0 Å². The molecule has 63 heavy (non-hydrogen) atoms. The van der Waals surface area contributed by atoms with Crippen LogP contribution in [0.4, 0.5) is 0 Å². The van der Waals surface area contributed by atoms with Crippen LogP contribution in [-0.4, -0.2) is 20.4 Å². The number of fused-ring (bicyclic) bond motifs is 6. The number of unbranched alkanes of at least 4 members (excludes halogenated alkanes) is 20. The fourth-order valence-corrected chi connectivity index (χ4v) is 14.9. The Kier molecular flexibility index (Phi) is 18.8. The van der Waals surface area contributed by atoms with Crippen molar-refractivity contribution in [3.05, 3.63) is 119 Å². The molecule has 1 heteroatoms. The molecule has 0 bridgehead atoms. The van der Waals surface area contributed by atoms with Gasteiger partial charge in [0.25, 0.3) is 0 Å². The Bertz CT molecular complexity index is 1950. The quantitative estimate of drug-likeness (QED) is 0.0318. The van der Waals surface area contributed by atoms with E-state index < -0.39 is 20.4 Å². The Labute approximate surface area is 396 Å². The van der Waals surface area contributed by atoms with Crippen molar-refractivity contribution in [2.75, 3.05) is 0 Å². The van der Waals surface area contributed by atoms with Crippen molar-refractivity contribution < 1.29 is 0 Å². The molecule has 0 atom stereocenters. The fourth-order valence-electron chi connectivity index (χ4n) is 12.0. The molecular weight excluding hydrogens is 872 g/mol. The summed E-state index contributed by atoms with van der Waals surface area (Å²) in [6.45, 7) is 9.36. The fraction of sp³-hybridized carbons (Fsp3) is 0.548. The van der Waals surface area contributed by atoms with Crippen LogP contribution in [0.3, 0.4) is 0 Å². The van der Waals surface area contributed by atoms with E-state index in [0.717, 1.165) is 0 Å². The van der Waals surface area contributed by atoms with Gasteiger partial charge in [0, 0.05) is 0 Å². The Morgan fingerprint density at radius 1 is 0.302 bits per heavy atom. The molecule has 0 N–H and O–H groups in total. The van der Waals surface area contributed by atoms with Crippen molar-refractivity contribution in [3.63, 3.8) is 0 Å². The molecule has 2 aliphatic rings. The van der Waals surface area contributed by atoms with Crippen LogP contribution in [0, 0.1) is 0 Å². The maximum atomic E-state index is 2.71.